The number of fused-ring (bicyclic) bond motifs is 1. The van der Waals surface area contributed by atoms with E-state index in [1.807, 2.05) is 12.1 Å². The van der Waals surface area contributed by atoms with Crippen molar-refractivity contribution in [2.45, 2.75) is 26.2 Å². The molecule has 31 heavy (non-hydrogen) atoms. The minimum Gasteiger partial charge on any atom is -0.254 e. The van der Waals surface area contributed by atoms with Crippen molar-refractivity contribution in [3.63, 3.8) is 0 Å². The molecule has 0 aliphatic carbocycles. The van der Waals surface area contributed by atoms with Crippen molar-refractivity contribution >= 4 is 53.1 Å². The molecule has 0 aliphatic rings. The van der Waals surface area contributed by atoms with Crippen LogP contribution in [0.1, 0.15) is 26.3 Å². The van der Waals surface area contributed by atoms with Crippen LogP contribution in [0.5, 0.6) is 0 Å². The predicted octanol–water partition coefficient (Wildman–Crippen LogP) is 8.44. The van der Waals surface area contributed by atoms with Gasteiger partial charge in [-0.15, -0.1) is 11.3 Å². The van der Waals surface area contributed by atoms with Crippen molar-refractivity contribution in [3.8, 4) is 11.3 Å². The van der Waals surface area contributed by atoms with Crippen molar-refractivity contribution < 1.29 is 8.78 Å². The lowest BCUT2D eigenvalue weighted by Gasteiger charge is -2.23. The number of nitrogens with zero attached hydrogens (tertiary/aromatic N) is 1. The quantitative estimate of drug-likeness (QED) is 0.240. The molecule has 4 heteroatoms. The van der Waals surface area contributed by atoms with Gasteiger partial charge in [-0.05, 0) is 39.9 Å². The second-order valence-corrected chi connectivity index (χ2v) is 10.2. The molecule has 0 saturated heterocycles. The van der Waals surface area contributed by atoms with Crippen molar-refractivity contribution in [2.75, 3.05) is 0 Å². The summed E-state index contributed by atoms with van der Waals surface area (Å²) in [7, 11) is 0. The molecule has 0 amide bonds. The third-order valence-electron chi connectivity index (χ3n) is 6.13. The lowest BCUT2D eigenvalue weighted by Crippen LogP contribution is -2.12. The first kappa shape index (κ1) is 18.6. The van der Waals surface area contributed by atoms with E-state index >= 15 is 0 Å². The van der Waals surface area contributed by atoms with Gasteiger partial charge in [0.1, 0.15) is 0 Å². The Morgan fingerprint density at radius 1 is 0.806 bits per heavy atom. The lowest BCUT2D eigenvalue weighted by molar-refractivity contribution is 0.525. The average Bonchev–Trinajstić information content (AvgIpc) is 3.15. The normalized spacial score (nSPS) is 12.7. The molecule has 1 nitrogen and oxygen atoms in total. The first-order valence-electron chi connectivity index (χ1n) is 10.3. The highest BCUT2D eigenvalue weighted by Crippen LogP contribution is 2.46. The molecular formula is C27H19F2NS. The molecule has 0 bridgehead atoms. The zero-order valence-corrected chi connectivity index (χ0v) is 18.2. The van der Waals surface area contributed by atoms with Gasteiger partial charge in [-0.25, -0.2) is 8.78 Å². The summed E-state index contributed by atoms with van der Waals surface area (Å²) in [5.41, 5.74) is 3.01. The van der Waals surface area contributed by atoms with Gasteiger partial charge in [-0.2, -0.15) is 0 Å². The van der Waals surface area contributed by atoms with Crippen LogP contribution in [0.25, 0.3) is 53.0 Å². The van der Waals surface area contributed by atoms with Gasteiger partial charge in [-0.3, -0.25) is 4.98 Å². The molecule has 0 radical (unpaired) electrons. The molecule has 0 atom stereocenters. The topological polar surface area (TPSA) is 12.9 Å². The summed E-state index contributed by atoms with van der Waals surface area (Å²) in [5, 5.41) is 4.51. The van der Waals surface area contributed by atoms with E-state index in [-0.39, 0.29) is 10.8 Å². The van der Waals surface area contributed by atoms with E-state index in [0.717, 1.165) is 36.8 Å². The molecule has 0 unspecified atom stereocenters. The maximum Gasteiger partial charge on any atom is 0.168 e. The number of benzene rings is 4. The van der Waals surface area contributed by atoms with Crippen LogP contribution in [-0.4, -0.2) is 4.98 Å². The van der Waals surface area contributed by atoms with E-state index < -0.39 is 11.6 Å². The predicted molar refractivity (Wildman–Crippen MR) is 127 cm³/mol. The number of rotatable bonds is 1. The van der Waals surface area contributed by atoms with Crippen molar-refractivity contribution in [2.24, 2.45) is 0 Å². The summed E-state index contributed by atoms with van der Waals surface area (Å²) < 4.78 is 31.4. The van der Waals surface area contributed by atoms with E-state index in [4.69, 9.17) is 0 Å². The SMILES string of the molecule is CC(C)(C)c1cc(-c2ncc3c(F)c(F)c4cccc5sc2c3c54)cc2ccccc12. The first-order valence-corrected chi connectivity index (χ1v) is 11.1. The Balaban J connectivity index is 1.76. The van der Waals surface area contributed by atoms with Crippen molar-refractivity contribution in [3.05, 3.63) is 78.0 Å². The van der Waals surface area contributed by atoms with Crippen molar-refractivity contribution in [1.29, 1.82) is 0 Å². The summed E-state index contributed by atoms with van der Waals surface area (Å²) in [6.07, 6.45) is 1.49. The average molecular weight is 428 g/mol. The molecular weight excluding hydrogens is 408 g/mol. The molecule has 0 saturated carbocycles. The fourth-order valence-electron chi connectivity index (χ4n) is 4.68. The fraction of sp³-hybridized carbons (Fsp3) is 0.148. The van der Waals surface area contributed by atoms with Crippen LogP contribution in [-0.2, 0) is 5.41 Å². The summed E-state index contributed by atoms with van der Waals surface area (Å²) in [6.45, 7) is 6.62. The number of halogens is 2. The van der Waals surface area contributed by atoms with Gasteiger partial charge in [0, 0.05) is 38.0 Å². The van der Waals surface area contributed by atoms with E-state index in [1.165, 1.54) is 17.1 Å². The van der Waals surface area contributed by atoms with Gasteiger partial charge in [-0.1, -0.05) is 57.2 Å². The number of pyridine rings is 1. The van der Waals surface area contributed by atoms with Gasteiger partial charge >= 0.3 is 0 Å². The summed E-state index contributed by atoms with van der Waals surface area (Å²) in [5.74, 6) is -1.62. The van der Waals surface area contributed by atoms with Crippen LogP contribution in [0.3, 0.4) is 0 Å². The van der Waals surface area contributed by atoms with Gasteiger partial charge < -0.3 is 0 Å². The Bertz CT molecular complexity index is 1640. The second-order valence-electron chi connectivity index (χ2n) is 9.13. The third-order valence-corrected chi connectivity index (χ3v) is 7.29. The number of thiophene rings is 1. The molecule has 2 heterocycles. The van der Waals surface area contributed by atoms with Crippen LogP contribution in [0, 0.1) is 11.6 Å². The van der Waals surface area contributed by atoms with Gasteiger partial charge in [0.25, 0.3) is 0 Å². The first-order chi connectivity index (χ1) is 14.8. The Kier molecular flexibility index (Phi) is 3.73. The van der Waals surface area contributed by atoms with E-state index in [9.17, 15) is 8.78 Å². The van der Waals surface area contributed by atoms with Crippen LogP contribution < -0.4 is 0 Å². The molecule has 0 N–H and O–H groups in total. The smallest absolute Gasteiger partial charge is 0.168 e. The van der Waals surface area contributed by atoms with Crippen LogP contribution >= 0.6 is 11.3 Å². The van der Waals surface area contributed by atoms with E-state index in [0.29, 0.717) is 5.39 Å². The lowest BCUT2D eigenvalue weighted by atomic mass is 9.82. The Labute approximate surface area is 182 Å². The maximum atomic E-state index is 14.9. The largest absolute Gasteiger partial charge is 0.254 e. The molecule has 0 aliphatic heterocycles. The summed E-state index contributed by atoms with van der Waals surface area (Å²) in [6, 6.07) is 18.1. The minimum atomic E-state index is -0.823. The van der Waals surface area contributed by atoms with Gasteiger partial charge in [0.05, 0.1) is 10.4 Å². The molecule has 152 valence electrons. The Hall–Kier alpha value is -3.11. The molecule has 6 aromatic rings. The second kappa shape index (κ2) is 6.21. The zero-order valence-electron chi connectivity index (χ0n) is 17.4. The Morgan fingerprint density at radius 3 is 2.35 bits per heavy atom. The number of aromatic nitrogens is 1. The molecule has 0 spiro atoms. The van der Waals surface area contributed by atoms with Gasteiger partial charge in [0.2, 0.25) is 0 Å². The highest BCUT2D eigenvalue weighted by Gasteiger charge is 2.24. The van der Waals surface area contributed by atoms with Crippen LogP contribution in [0.2, 0.25) is 0 Å². The van der Waals surface area contributed by atoms with E-state index in [1.54, 1.807) is 23.5 Å². The molecule has 2 aromatic heterocycles. The summed E-state index contributed by atoms with van der Waals surface area (Å²) >= 11 is 1.55. The molecule has 0 fully saturated rings. The minimum absolute atomic E-state index is 0.0502. The van der Waals surface area contributed by atoms with Crippen molar-refractivity contribution in [1.82, 2.24) is 4.98 Å². The number of hydrogen-bond donors (Lipinski definition) is 0. The highest BCUT2D eigenvalue weighted by atomic mass is 32.1. The Morgan fingerprint density at radius 2 is 1.55 bits per heavy atom. The fourth-order valence-corrected chi connectivity index (χ4v) is 5.95. The maximum absolute atomic E-state index is 14.9. The third kappa shape index (κ3) is 2.55. The van der Waals surface area contributed by atoms with E-state index in [2.05, 4.69) is 56.1 Å². The molecule has 6 rings (SSSR count). The summed E-state index contributed by atoms with van der Waals surface area (Å²) in [4.78, 5) is 4.66. The monoisotopic (exact) mass is 427 g/mol. The van der Waals surface area contributed by atoms with Crippen LogP contribution in [0.15, 0.2) is 60.8 Å². The molecule has 4 aromatic carbocycles. The standard InChI is InChI=1S/C27H19F2NS/c1-27(2,3)19-12-15(11-14-7-4-5-8-16(14)19)25-26-22-18(13-30-25)24(29)23(28)17-9-6-10-20(31-26)21(17)22/h4-13H,1-3H3. The highest BCUT2D eigenvalue weighted by molar-refractivity contribution is 7.26. The van der Waals surface area contributed by atoms with Gasteiger partial charge in [0.15, 0.2) is 11.6 Å². The number of hydrogen-bond acceptors (Lipinski definition) is 2. The zero-order chi connectivity index (χ0) is 21.5. The van der Waals surface area contributed by atoms with Crippen LogP contribution in [0.4, 0.5) is 8.78 Å².